The molecule has 0 radical (unpaired) electrons. The molecule has 7 aromatic rings. The Morgan fingerprint density at radius 2 is 1.44 bits per heavy atom. The lowest BCUT2D eigenvalue weighted by Crippen LogP contribution is -2.47. The first-order chi connectivity index (χ1) is 29.8. The molecule has 4 aromatic heterocycles. The predicted molar refractivity (Wildman–Crippen MR) is 245 cm³/mol. The van der Waals surface area contributed by atoms with Gasteiger partial charge < -0.3 is 30.6 Å². The molecule has 1 amide bonds. The summed E-state index contributed by atoms with van der Waals surface area (Å²) >= 11 is 12.9. The first-order valence-electron chi connectivity index (χ1n) is 20.6. The summed E-state index contributed by atoms with van der Waals surface area (Å²) in [6.45, 7) is 8.62. The van der Waals surface area contributed by atoms with E-state index in [4.69, 9.17) is 27.9 Å². The van der Waals surface area contributed by atoms with Crippen molar-refractivity contribution in [2.75, 3.05) is 36.8 Å². The Morgan fingerprint density at radius 1 is 0.806 bits per heavy atom. The number of benzene rings is 3. The van der Waals surface area contributed by atoms with E-state index in [1.807, 2.05) is 57.3 Å². The molecule has 2 aliphatic rings. The topological polar surface area (TPSA) is 172 Å². The number of aromatic amines is 1. The largest absolute Gasteiger partial charge is 0.444 e. The van der Waals surface area contributed by atoms with Crippen LogP contribution in [0.1, 0.15) is 46.5 Å². The molecule has 9 rings (SSSR count). The zero-order chi connectivity index (χ0) is 43.4. The van der Waals surface area contributed by atoms with Gasteiger partial charge in [0.25, 0.3) is 10.0 Å². The van der Waals surface area contributed by atoms with E-state index in [0.717, 1.165) is 54.5 Å². The third kappa shape index (κ3) is 9.65. The van der Waals surface area contributed by atoms with Crippen LogP contribution in [0.3, 0.4) is 0 Å². The van der Waals surface area contributed by atoms with Crippen LogP contribution in [0.4, 0.5) is 16.7 Å². The fourth-order valence-electron chi connectivity index (χ4n) is 7.69. The molecule has 17 heteroatoms. The third-order valence-electron chi connectivity index (χ3n) is 10.6. The summed E-state index contributed by atoms with van der Waals surface area (Å²) in [7, 11) is -3.86. The Labute approximate surface area is 370 Å². The van der Waals surface area contributed by atoms with Crippen molar-refractivity contribution in [1.29, 1.82) is 0 Å². The smallest absolute Gasteiger partial charge is 0.410 e. The van der Waals surface area contributed by atoms with E-state index >= 15 is 0 Å². The molecule has 0 saturated carbocycles. The van der Waals surface area contributed by atoms with Gasteiger partial charge in [-0.25, -0.2) is 37.1 Å². The number of carbonyl (C=O) groups is 1. The second-order valence-electron chi connectivity index (χ2n) is 16.3. The second kappa shape index (κ2) is 18.3. The van der Waals surface area contributed by atoms with Crippen LogP contribution >= 0.6 is 23.2 Å². The molecule has 62 heavy (non-hydrogen) atoms. The summed E-state index contributed by atoms with van der Waals surface area (Å²) in [5.41, 5.74) is 3.75. The molecule has 322 valence electrons. The molecule has 2 aliphatic heterocycles. The fraction of sp³-hybridized carbons (Fsp3) is 0.311. The number of ether oxygens (including phenoxy) is 1. The molecule has 0 aliphatic carbocycles. The van der Waals surface area contributed by atoms with Gasteiger partial charge in [-0.2, -0.15) is 0 Å². The maximum atomic E-state index is 13.5. The van der Waals surface area contributed by atoms with E-state index in [2.05, 4.69) is 46.9 Å². The number of rotatable bonds is 8. The molecule has 0 spiro atoms. The summed E-state index contributed by atoms with van der Waals surface area (Å²) in [6.07, 6.45) is 10.3. The van der Waals surface area contributed by atoms with Crippen molar-refractivity contribution < 1.29 is 17.9 Å². The average molecular weight is 896 g/mol. The number of halogens is 2. The number of aromatic nitrogens is 6. The van der Waals surface area contributed by atoms with Crippen molar-refractivity contribution in [1.82, 2.24) is 39.1 Å². The minimum Gasteiger partial charge on any atom is -0.444 e. The fourth-order valence-corrected chi connectivity index (χ4v) is 9.47. The van der Waals surface area contributed by atoms with Gasteiger partial charge >= 0.3 is 6.09 Å². The molecule has 6 heterocycles. The average Bonchev–Trinajstić information content (AvgIpc) is 3.88. The van der Waals surface area contributed by atoms with Crippen LogP contribution in [0.5, 0.6) is 0 Å². The zero-order valence-corrected chi connectivity index (χ0v) is 36.9. The van der Waals surface area contributed by atoms with Gasteiger partial charge in [0.05, 0.1) is 44.2 Å². The lowest BCUT2D eigenvalue weighted by atomic mass is 10.1. The van der Waals surface area contributed by atoms with Gasteiger partial charge in [0.1, 0.15) is 5.60 Å². The monoisotopic (exact) mass is 894 g/mol. The Morgan fingerprint density at radius 3 is 2.13 bits per heavy atom. The van der Waals surface area contributed by atoms with Crippen LogP contribution in [0.25, 0.3) is 44.3 Å². The summed E-state index contributed by atoms with van der Waals surface area (Å²) in [5, 5.41) is 12.8. The van der Waals surface area contributed by atoms with Gasteiger partial charge in [-0.1, -0.05) is 77.8 Å². The number of anilines is 2. The van der Waals surface area contributed by atoms with Crippen molar-refractivity contribution in [3.63, 3.8) is 0 Å². The number of para-hydroxylation sites is 2. The van der Waals surface area contributed by atoms with Crippen LogP contribution in [0.2, 0.25) is 10.0 Å². The second-order valence-corrected chi connectivity index (χ2v) is 18.9. The van der Waals surface area contributed by atoms with Gasteiger partial charge in [-0.05, 0) is 77.3 Å². The molecule has 0 bridgehead atoms. The Kier molecular flexibility index (Phi) is 12.7. The lowest BCUT2D eigenvalue weighted by molar-refractivity contribution is 0.0206. The van der Waals surface area contributed by atoms with E-state index in [9.17, 15) is 13.2 Å². The van der Waals surface area contributed by atoms with E-state index in [-0.39, 0.29) is 17.0 Å². The molecular weight excluding hydrogens is 848 g/mol. The van der Waals surface area contributed by atoms with Crippen molar-refractivity contribution in [2.45, 2.75) is 69.0 Å². The Hall–Kier alpha value is -5.74. The van der Waals surface area contributed by atoms with Crippen LogP contribution in [0.15, 0.2) is 109 Å². The molecule has 2 saturated heterocycles. The first-order valence-corrected chi connectivity index (χ1v) is 22.8. The van der Waals surface area contributed by atoms with Crippen LogP contribution in [-0.2, 0) is 14.8 Å². The predicted octanol–water partition coefficient (Wildman–Crippen LogP) is 9.24. The molecular formula is C45H48Cl2N10O4S. The van der Waals surface area contributed by atoms with E-state index in [0.29, 0.717) is 63.2 Å². The van der Waals surface area contributed by atoms with Crippen LogP contribution in [-0.4, -0.2) is 92.2 Å². The standard InChI is InChI=1S/C28H30ClN5O4S.C17H18ClN5/c1-28(2,3)38-27(35)33-15-9-10-19(17-33)31-26-30-16-23(29)25(32-26)22-18-34(24-14-8-7-13-21(22)24)39(36,37)20-11-5-4-6-12-20;18-14-10-21-17(22-11-4-3-7-19-8-11)23-16(14)13-9-20-15-6-2-1-5-12(13)15/h4-8,11-14,16,18-19H,9-10,15,17H2,1-3H3,(H,30,31,32);1-2,5-6,9-11,19-20H,3-4,7-8H2,(H,21,22,23)/t19-;11-/m11/s1. The highest BCUT2D eigenvalue weighted by atomic mass is 35.5. The number of nitrogens with zero attached hydrogens (tertiary/aromatic N) is 6. The quantitative estimate of drug-likeness (QED) is 0.115. The van der Waals surface area contributed by atoms with Crippen molar-refractivity contribution in [2.24, 2.45) is 0 Å². The highest BCUT2D eigenvalue weighted by molar-refractivity contribution is 7.90. The summed E-state index contributed by atoms with van der Waals surface area (Å²) < 4.78 is 33.8. The number of amides is 1. The lowest BCUT2D eigenvalue weighted by Gasteiger charge is -2.34. The van der Waals surface area contributed by atoms with E-state index < -0.39 is 15.6 Å². The van der Waals surface area contributed by atoms with Crippen molar-refractivity contribution in [3.05, 3.63) is 114 Å². The maximum Gasteiger partial charge on any atom is 0.410 e. The molecule has 4 N–H and O–H groups in total. The molecule has 2 fully saturated rings. The van der Waals surface area contributed by atoms with E-state index in [1.165, 1.54) is 16.6 Å². The number of H-pyrrole nitrogens is 1. The zero-order valence-electron chi connectivity index (χ0n) is 34.6. The normalized spacial score (nSPS) is 17.0. The van der Waals surface area contributed by atoms with Crippen molar-refractivity contribution in [3.8, 4) is 22.5 Å². The number of piperidine rings is 2. The minimum absolute atomic E-state index is 0.0832. The van der Waals surface area contributed by atoms with Gasteiger partial charge in [-0.3, -0.25) is 0 Å². The SMILES string of the molecule is CC(C)(C)OC(=O)N1CCC[C@@H](Nc2ncc(Cl)c(-c3cn(S(=O)(=O)c4ccccc4)c4ccccc34)n2)C1.Clc1cnc(N[C@@H]2CCCNC2)nc1-c1c[nH]c2ccccc12. The van der Waals surface area contributed by atoms with E-state index in [1.54, 1.807) is 59.8 Å². The molecule has 3 aromatic carbocycles. The maximum absolute atomic E-state index is 13.5. The number of carbonyl (C=O) groups excluding carboxylic acids is 1. The molecule has 14 nitrogen and oxygen atoms in total. The number of nitrogens with one attached hydrogen (secondary N) is 4. The first kappa shape index (κ1) is 42.9. The molecule has 0 unspecified atom stereocenters. The van der Waals surface area contributed by atoms with Gasteiger partial charge in [0.15, 0.2) is 0 Å². The highest BCUT2D eigenvalue weighted by Crippen LogP contribution is 2.36. The highest BCUT2D eigenvalue weighted by Gasteiger charge is 2.29. The number of hydrogen-bond donors (Lipinski definition) is 4. The third-order valence-corrected chi connectivity index (χ3v) is 12.8. The van der Waals surface area contributed by atoms with Crippen LogP contribution in [0, 0.1) is 0 Å². The van der Waals surface area contributed by atoms with Crippen molar-refractivity contribution >= 4 is 73.0 Å². The Bertz CT molecular complexity index is 2800. The van der Waals surface area contributed by atoms with Gasteiger partial charge in [0.2, 0.25) is 11.9 Å². The Balaban J connectivity index is 0.000000194. The summed E-state index contributed by atoms with van der Waals surface area (Å²) in [6, 6.07) is 23.9. The van der Waals surface area contributed by atoms with Gasteiger partial charge in [-0.15, -0.1) is 0 Å². The van der Waals surface area contributed by atoms with Crippen LogP contribution < -0.4 is 16.0 Å². The molecule has 2 atom stereocenters. The van der Waals surface area contributed by atoms with Gasteiger partial charge in [0, 0.05) is 71.5 Å². The number of hydrogen-bond acceptors (Lipinski definition) is 11. The number of likely N-dealkylation sites (tertiary alicyclic amines) is 1. The number of fused-ring (bicyclic) bond motifs is 2. The summed E-state index contributed by atoms with van der Waals surface area (Å²) in [5.74, 6) is 0.969. The summed E-state index contributed by atoms with van der Waals surface area (Å²) in [4.78, 5) is 35.7. The minimum atomic E-state index is -3.86.